The minimum absolute atomic E-state index is 0.110. The van der Waals surface area contributed by atoms with Gasteiger partial charge in [-0.25, -0.2) is 0 Å². The number of aliphatic hydroxyl groups is 1. The number of nitrogens with one attached hydrogen (secondary N) is 2. The Balaban J connectivity index is 2.64. The molecule has 24 heavy (non-hydrogen) atoms. The fourth-order valence-electron chi connectivity index (χ4n) is 3.27. The van der Waals surface area contributed by atoms with Crippen LogP contribution in [0.1, 0.15) is 40.0 Å². The lowest BCUT2D eigenvalue weighted by atomic mass is 9.79. The van der Waals surface area contributed by atoms with Gasteiger partial charge in [0.05, 0.1) is 0 Å². The molecular weight excluding hydrogens is 302 g/mol. The van der Waals surface area contributed by atoms with Crippen LogP contribution in [-0.4, -0.2) is 86.9 Å². The molecule has 1 fully saturated rings. The summed E-state index contributed by atoms with van der Waals surface area (Å²) in [4.78, 5) is 9.63. The first-order valence-electron chi connectivity index (χ1n) is 9.52. The Morgan fingerprint density at radius 3 is 2.46 bits per heavy atom. The van der Waals surface area contributed by atoms with Crippen molar-refractivity contribution in [1.29, 1.82) is 0 Å². The summed E-state index contributed by atoms with van der Waals surface area (Å²) < 4.78 is 0. The predicted octanol–water partition coefficient (Wildman–Crippen LogP) is 0.976. The van der Waals surface area contributed by atoms with Gasteiger partial charge in [-0.2, -0.15) is 0 Å². The molecule has 0 saturated carbocycles. The van der Waals surface area contributed by atoms with E-state index in [-0.39, 0.29) is 12.0 Å². The highest BCUT2D eigenvalue weighted by Gasteiger charge is 2.26. The van der Waals surface area contributed by atoms with Crippen LogP contribution in [0.4, 0.5) is 0 Å². The van der Waals surface area contributed by atoms with Crippen LogP contribution in [0, 0.1) is 5.41 Å². The van der Waals surface area contributed by atoms with Gasteiger partial charge in [0.2, 0.25) is 0 Å². The molecule has 0 aromatic carbocycles. The van der Waals surface area contributed by atoms with Gasteiger partial charge in [0, 0.05) is 51.9 Å². The molecule has 6 nitrogen and oxygen atoms in total. The Hall–Kier alpha value is -0.850. The van der Waals surface area contributed by atoms with E-state index in [0.29, 0.717) is 6.04 Å². The maximum atomic E-state index is 9.37. The van der Waals surface area contributed by atoms with E-state index >= 15 is 0 Å². The van der Waals surface area contributed by atoms with Gasteiger partial charge in [-0.05, 0) is 45.7 Å². The molecule has 1 aliphatic heterocycles. The van der Waals surface area contributed by atoms with E-state index in [0.717, 1.165) is 64.5 Å². The third-order valence-corrected chi connectivity index (χ3v) is 5.54. The summed E-state index contributed by atoms with van der Waals surface area (Å²) in [5.74, 6) is 0.892. The molecule has 1 heterocycles. The Morgan fingerprint density at radius 1 is 1.17 bits per heavy atom. The summed E-state index contributed by atoms with van der Waals surface area (Å²) in [6.07, 6.45) is 2.91. The van der Waals surface area contributed by atoms with Crippen molar-refractivity contribution in [2.45, 2.75) is 46.1 Å². The maximum Gasteiger partial charge on any atom is 0.191 e. The molecule has 0 spiro atoms. The van der Waals surface area contributed by atoms with Crippen LogP contribution < -0.4 is 10.6 Å². The number of piperazine rings is 1. The highest BCUT2D eigenvalue weighted by Crippen LogP contribution is 2.30. The molecule has 0 aromatic rings. The molecule has 0 radical (unpaired) electrons. The summed E-state index contributed by atoms with van der Waals surface area (Å²) >= 11 is 0. The van der Waals surface area contributed by atoms with Crippen molar-refractivity contribution in [2.75, 3.05) is 60.0 Å². The second-order valence-electron chi connectivity index (χ2n) is 7.15. The van der Waals surface area contributed by atoms with Crippen LogP contribution in [0.25, 0.3) is 0 Å². The first-order chi connectivity index (χ1) is 11.5. The Bertz CT molecular complexity index is 370. The van der Waals surface area contributed by atoms with Gasteiger partial charge in [-0.1, -0.05) is 13.8 Å². The number of aliphatic imine (C=N–C) groups is 1. The fraction of sp³-hybridized carbons (Fsp3) is 0.944. The van der Waals surface area contributed by atoms with E-state index in [9.17, 15) is 5.11 Å². The molecule has 1 rings (SSSR count). The van der Waals surface area contributed by atoms with Gasteiger partial charge in [-0.3, -0.25) is 9.89 Å². The zero-order valence-corrected chi connectivity index (χ0v) is 16.4. The summed E-state index contributed by atoms with van der Waals surface area (Å²) in [6.45, 7) is 12.6. The largest absolute Gasteiger partial charge is 0.396 e. The molecule has 142 valence electrons. The van der Waals surface area contributed by atoms with Crippen LogP contribution >= 0.6 is 0 Å². The normalized spacial score (nSPS) is 21.1. The van der Waals surface area contributed by atoms with Crippen LogP contribution in [0.15, 0.2) is 4.99 Å². The molecule has 1 atom stereocenters. The van der Waals surface area contributed by atoms with Gasteiger partial charge in [-0.15, -0.1) is 0 Å². The lowest BCUT2D eigenvalue weighted by Gasteiger charge is -2.38. The zero-order chi connectivity index (χ0) is 18.0. The Labute approximate surface area is 148 Å². The molecule has 3 N–H and O–H groups in total. The Morgan fingerprint density at radius 2 is 1.88 bits per heavy atom. The van der Waals surface area contributed by atoms with Crippen LogP contribution in [-0.2, 0) is 0 Å². The molecule has 0 bridgehead atoms. The summed E-state index contributed by atoms with van der Waals surface area (Å²) in [6, 6.07) is 0.507. The summed E-state index contributed by atoms with van der Waals surface area (Å²) in [5, 5.41) is 16.2. The summed E-state index contributed by atoms with van der Waals surface area (Å²) in [7, 11) is 4.38. The molecule has 0 aromatic heterocycles. The minimum Gasteiger partial charge on any atom is -0.396 e. The van der Waals surface area contributed by atoms with Gasteiger partial charge < -0.3 is 20.6 Å². The predicted molar refractivity (Wildman–Crippen MR) is 103 cm³/mol. The van der Waals surface area contributed by atoms with Crippen molar-refractivity contribution < 1.29 is 5.11 Å². The van der Waals surface area contributed by atoms with Gasteiger partial charge >= 0.3 is 0 Å². The van der Waals surface area contributed by atoms with E-state index in [1.165, 1.54) is 0 Å². The first-order valence-corrected chi connectivity index (χ1v) is 9.52. The molecule has 1 unspecified atom stereocenters. The van der Waals surface area contributed by atoms with Gasteiger partial charge in [0.15, 0.2) is 5.96 Å². The SMILES string of the molecule is CCNC(=NCC(CC)(CC)CCO)NCC1CN(C)CCN1C. The smallest absolute Gasteiger partial charge is 0.191 e. The second kappa shape index (κ2) is 10.9. The number of rotatable bonds is 9. The standard InChI is InChI=1S/C18H39N5O/c1-6-18(7-2,9-12-24)15-21-17(19-8-3)20-13-16-14-22(4)10-11-23(16)5/h16,24H,6-15H2,1-5H3,(H2,19,20,21). The molecule has 0 amide bonds. The van der Waals surface area contributed by atoms with E-state index in [1.54, 1.807) is 0 Å². The monoisotopic (exact) mass is 341 g/mol. The van der Waals surface area contributed by atoms with E-state index in [2.05, 4.69) is 55.3 Å². The molecule has 0 aliphatic carbocycles. The first kappa shape index (κ1) is 21.2. The number of guanidine groups is 1. The van der Waals surface area contributed by atoms with E-state index in [1.807, 2.05) is 0 Å². The quantitative estimate of drug-likeness (QED) is 0.431. The second-order valence-corrected chi connectivity index (χ2v) is 7.15. The molecule has 1 saturated heterocycles. The van der Waals surface area contributed by atoms with Gasteiger partial charge in [0.1, 0.15) is 0 Å². The zero-order valence-electron chi connectivity index (χ0n) is 16.4. The lowest BCUT2D eigenvalue weighted by molar-refractivity contribution is 0.116. The van der Waals surface area contributed by atoms with Gasteiger partial charge in [0.25, 0.3) is 0 Å². The highest BCUT2D eigenvalue weighted by atomic mass is 16.3. The molecule has 6 heteroatoms. The Kier molecular flexibility index (Phi) is 9.63. The minimum atomic E-state index is 0.110. The number of hydrogen-bond donors (Lipinski definition) is 3. The lowest BCUT2D eigenvalue weighted by Crippen LogP contribution is -2.55. The van der Waals surface area contributed by atoms with Crippen LogP contribution in [0.3, 0.4) is 0 Å². The number of aliphatic hydroxyl groups excluding tert-OH is 1. The average molecular weight is 342 g/mol. The third-order valence-electron chi connectivity index (χ3n) is 5.54. The number of nitrogens with zero attached hydrogens (tertiary/aromatic N) is 3. The van der Waals surface area contributed by atoms with Crippen molar-refractivity contribution in [1.82, 2.24) is 20.4 Å². The van der Waals surface area contributed by atoms with Crippen molar-refractivity contribution in [3.8, 4) is 0 Å². The van der Waals surface area contributed by atoms with Crippen molar-refractivity contribution in [2.24, 2.45) is 10.4 Å². The van der Waals surface area contributed by atoms with Crippen molar-refractivity contribution in [3.05, 3.63) is 0 Å². The fourth-order valence-corrected chi connectivity index (χ4v) is 3.27. The van der Waals surface area contributed by atoms with E-state index in [4.69, 9.17) is 4.99 Å². The average Bonchev–Trinajstić information content (AvgIpc) is 2.59. The molecular formula is C18H39N5O. The van der Waals surface area contributed by atoms with Crippen LogP contribution in [0.5, 0.6) is 0 Å². The third kappa shape index (κ3) is 6.57. The number of hydrogen-bond acceptors (Lipinski definition) is 4. The molecule has 1 aliphatic rings. The van der Waals surface area contributed by atoms with Crippen LogP contribution in [0.2, 0.25) is 0 Å². The van der Waals surface area contributed by atoms with E-state index < -0.39 is 0 Å². The highest BCUT2D eigenvalue weighted by molar-refractivity contribution is 5.79. The maximum absolute atomic E-state index is 9.37. The van der Waals surface area contributed by atoms with Crippen molar-refractivity contribution >= 4 is 5.96 Å². The number of likely N-dealkylation sites (N-methyl/N-ethyl adjacent to an activating group) is 2. The topological polar surface area (TPSA) is 63.1 Å². The van der Waals surface area contributed by atoms with Crippen molar-refractivity contribution in [3.63, 3.8) is 0 Å². The summed E-state index contributed by atoms with van der Waals surface area (Å²) in [5.41, 5.74) is 0.110.